The highest BCUT2D eigenvalue weighted by molar-refractivity contribution is 7.91. The molecule has 1 heterocycles. The largest absolute Gasteiger partial charge is 0.409 e. The topological polar surface area (TPSA) is 160 Å². The van der Waals surface area contributed by atoms with Crippen molar-refractivity contribution in [3.05, 3.63) is 0 Å². The highest BCUT2D eigenvalue weighted by atomic mass is 32.2. The molecular weight excluding hydrogens is 320 g/mol. The molecular formula is C9H16N6O4S2. The van der Waals surface area contributed by atoms with Gasteiger partial charge in [-0.3, -0.25) is 4.79 Å². The van der Waals surface area contributed by atoms with Gasteiger partial charge in [-0.15, -0.1) is 10.2 Å². The Morgan fingerprint density at radius 2 is 2.19 bits per heavy atom. The SMILES string of the molecule is CCCC(NS(=O)(=O)c1nnc(NC(C)=O)s1)C(N)=NO. The van der Waals surface area contributed by atoms with Gasteiger partial charge in [-0.1, -0.05) is 29.8 Å². The van der Waals surface area contributed by atoms with Crippen molar-refractivity contribution in [2.75, 3.05) is 5.32 Å². The van der Waals surface area contributed by atoms with Gasteiger partial charge in [-0.2, -0.15) is 4.72 Å². The minimum Gasteiger partial charge on any atom is -0.409 e. The number of oxime groups is 1. The van der Waals surface area contributed by atoms with E-state index in [4.69, 9.17) is 10.9 Å². The summed E-state index contributed by atoms with van der Waals surface area (Å²) in [6, 6.07) is -0.849. The number of nitrogens with two attached hydrogens (primary N) is 1. The van der Waals surface area contributed by atoms with Crippen LogP contribution in [0.4, 0.5) is 5.13 Å². The molecule has 0 spiro atoms. The lowest BCUT2D eigenvalue weighted by molar-refractivity contribution is -0.114. The Hall–Kier alpha value is -1.79. The molecule has 1 aromatic heterocycles. The van der Waals surface area contributed by atoms with Gasteiger partial charge < -0.3 is 16.3 Å². The van der Waals surface area contributed by atoms with E-state index in [-0.39, 0.29) is 21.2 Å². The molecule has 118 valence electrons. The molecule has 0 aliphatic heterocycles. The summed E-state index contributed by atoms with van der Waals surface area (Å²) in [5.74, 6) is -0.629. The maximum Gasteiger partial charge on any atom is 0.270 e. The molecule has 1 rings (SSSR count). The third-order valence-electron chi connectivity index (χ3n) is 2.27. The number of amidine groups is 1. The molecule has 10 nitrogen and oxygen atoms in total. The lowest BCUT2D eigenvalue weighted by Gasteiger charge is -2.15. The summed E-state index contributed by atoms with van der Waals surface area (Å²) in [6.45, 7) is 3.09. The highest BCUT2D eigenvalue weighted by Crippen LogP contribution is 2.20. The Morgan fingerprint density at radius 1 is 1.52 bits per heavy atom. The monoisotopic (exact) mass is 336 g/mol. The summed E-state index contributed by atoms with van der Waals surface area (Å²) in [5.41, 5.74) is 5.44. The molecule has 0 fully saturated rings. The van der Waals surface area contributed by atoms with Gasteiger partial charge in [0.05, 0.1) is 6.04 Å². The van der Waals surface area contributed by atoms with Gasteiger partial charge in [-0.05, 0) is 6.42 Å². The van der Waals surface area contributed by atoms with E-state index in [0.29, 0.717) is 24.2 Å². The molecule has 1 aromatic rings. The fraction of sp³-hybridized carbons (Fsp3) is 0.556. The number of sulfonamides is 1. The molecule has 0 aromatic carbocycles. The second-order valence-corrected chi connectivity index (χ2v) is 6.91. The van der Waals surface area contributed by atoms with Crippen LogP contribution in [0.15, 0.2) is 9.50 Å². The first-order valence-corrected chi connectivity index (χ1v) is 8.21. The van der Waals surface area contributed by atoms with E-state index >= 15 is 0 Å². The molecule has 0 saturated carbocycles. The highest BCUT2D eigenvalue weighted by Gasteiger charge is 2.26. The summed E-state index contributed by atoms with van der Waals surface area (Å²) in [5, 5.41) is 20.9. The van der Waals surface area contributed by atoms with Crippen LogP contribution in [0, 0.1) is 0 Å². The Balaban J connectivity index is 2.94. The van der Waals surface area contributed by atoms with Crippen LogP contribution in [0.5, 0.6) is 0 Å². The smallest absolute Gasteiger partial charge is 0.270 e. The van der Waals surface area contributed by atoms with Crippen LogP contribution in [0.2, 0.25) is 0 Å². The number of hydrogen-bond acceptors (Lipinski definition) is 8. The van der Waals surface area contributed by atoms with Gasteiger partial charge in [0, 0.05) is 6.92 Å². The minimum absolute atomic E-state index is 0.0683. The van der Waals surface area contributed by atoms with Gasteiger partial charge in [0.1, 0.15) is 0 Å². The zero-order valence-electron chi connectivity index (χ0n) is 11.4. The van der Waals surface area contributed by atoms with Crippen molar-refractivity contribution < 1.29 is 18.4 Å². The fourth-order valence-electron chi connectivity index (χ4n) is 1.38. The average molecular weight is 336 g/mol. The van der Waals surface area contributed by atoms with Crippen LogP contribution in [-0.4, -0.2) is 41.6 Å². The summed E-state index contributed by atoms with van der Waals surface area (Å²) >= 11 is 0.700. The van der Waals surface area contributed by atoms with Crippen LogP contribution in [0.25, 0.3) is 0 Å². The average Bonchev–Trinajstić information content (AvgIpc) is 2.85. The molecule has 0 aliphatic rings. The van der Waals surface area contributed by atoms with Crippen molar-refractivity contribution in [1.82, 2.24) is 14.9 Å². The van der Waals surface area contributed by atoms with E-state index in [2.05, 4.69) is 25.4 Å². The van der Waals surface area contributed by atoms with Crippen LogP contribution in [0.1, 0.15) is 26.7 Å². The van der Waals surface area contributed by atoms with Gasteiger partial charge in [0.25, 0.3) is 10.0 Å². The van der Waals surface area contributed by atoms with Gasteiger partial charge in [0.2, 0.25) is 15.4 Å². The van der Waals surface area contributed by atoms with Crippen molar-refractivity contribution in [3.8, 4) is 0 Å². The summed E-state index contributed by atoms with van der Waals surface area (Å²) < 4.78 is 26.2. The number of aromatic nitrogens is 2. The van der Waals surface area contributed by atoms with Crippen molar-refractivity contribution in [2.24, 2.45) is 10.9 Å². The Bertz CT molecular complexity index is 626. The first-order chi connectivity index (χ1) is 9.80. The lowest BCUT2D eigenvalue weighted by atomic mass is 10.2. The van der Waals surface area contributed by atoms with E-state index in [1.165, 1.54) is 6.92 Å². The molecule has 1 amide bonds. The molecule has 1 unspecified atom stereocenters. The minimum atomic E-state index is -3.98. The Morgan fingerprint density at radius 3 is 2.71 bits per heavy atom. The van der Waals surface area contributed by atoms with Crippen LogP contribution < -0.4 is 15.8 Å². The molecule has 21 heavy (non-hydrogen) atoms. The predicted molar refractivity (Wildman–Crippen MR) is 76.6 cm³/mol. The normalized spacial score (nSPS) is 13.9. The number of anilines is 1. The van der Waals surface area contributed by atoms with Crippen LogP contribution in [0.3, 0.4) is 0 Å². The standard InChI is InChI=1S/C9H16N6O4S2/c1-3-4-6(7(10)14-17)15-21(18,19)9-13-12-8(20-9)11-5(2)16/h6,15,17H,3-4H2,1-2H3,(H2,10,14)(H,11,12,16). The zero-order valence-corrected chi connectivity index (χ0v) is 13.0. The summed E-state index contributed by atoms with van der Waals surface area (Å²) in [6.07, 6.45) is 0.975. The molecule has 12 heteroatoms. The van der Waals surface area contributed by atoms with E-state index in [0.717, 1.165) is 0 Å². The summed E-state index contributed by atoms with van der Waals surface area (Å²) in [4.78, 5) is 10.9. The Kier molecular flexibility index (Phi) is 5.99. The molecule has 5 N–H and O–H groups in total. The number of rotatable bonds is 7. The van der Waals surface area contributed by atoms with E-state index < -0.39 is 16.1 Å². The number of amides is 1. The van der Waals surface area contributed by atoms with Crippen LogP contribution >= 0.6 is 11.3 Å². The maximum atomic E-state index is 12.1. The first-order valence-electron chi connectivity index (χ1n) is 5.91. The van der Waals surface area contributed by atoms with Gasteiger partial charge >= 0.3 is 0 Å². The molecule has 0 saturated heterocycles. The number of carbonyl (C=O) groups is 1. The first kappa shape index (κ1) is 17.3. The van der Waals surface area contributed by atoms with Crippen molar-refractivity contribution >= 4 is 38.2 Å². The van der Waals surface area contributed by atoms with Gasteiger partial charge in [-0.25, -0.2) is 8.42 Å². The van der Waals surface area contributed by atoms with Crippen molar-refractivity contribution in [2.45, 2.75) is 37.1 Å². The molecule has 0 radical (unpaired) electrons. The van der Waals surface area contributed by atoms with Crippen molar-refractivity contribution in [1.29, 1.82) is 0 Å². The number of nitrogens with zero attached hydrogens (tertiary/aromatic N) is 3. The van der Waals surface area contributed by atoms with E-state index in [1.54, 1.807) is 0 Å². The quantitative estimate of drug-likeness (QED) is 0.175. The van der Waals surface area contributed by atoms with Crippen LogP contribution in [-0.2, 0) is 14.8 Å². The second kappa shape index (κ2) is 7.28. The molecule has 1 atom stereocenters. The third kappa shape index (κ3) is 4.91. The molecule has 0 aliphatic carbocycles. The Labute approximate surface area is 125 Å². The zero-order chi connectivity index (χ0) is 16.0. The number of carbonyl (C=O) groups excluding carboxylic acids is 1. The summed E-state index contributed by atoms with van der Waals surface area (Å²) in [7, 11) is -3.98. The van der Waals surface area contributed by atoms with E-state index in [9.17, 15) is 13.2 Å². The number of nitrogens with one attached hydrogen (secondary N) is 2. The maximum absolute atomic E-state index is 12.1. The predicted octanol–water partition coefficient (Wildman–Crippen LogP) is -0.310. The third-order valence-corrected chi connectivity index (χ3v) is 4.94. The number of hydrogen-bond donors (Lipinski definition) is 4. The fourth-order valence-corrected chi connectivity index (χ4v) is 3.59. The van der Waals surface area contributed by atoms with Gasteiger partial charge in [0.15, 0.2) is 5.84 Å². The second-order valence-electron chi connectivity index (χ2n) is 4.04. The van der Waals surface area contributed by atoms with Crippen molar-refractivity contribution in [3.63, 3.8) is 0 Å². The van der Waals surface area contributed by atoms with E-state index in [1.807, 2.05) is 6.92 Å². The lowest BCUT2D eigenvalue weighted by Crippen LogP contribution is -2.44. The molecule has 0 bridgehead atoms.